The zero-order valence-corrected chi connectivity index (χ0v) is 17.3. The highest BCUT2D eigenvalue weighted by atomic mass is 35.5. The Balaban J connectivity index is 1.94. The second kappa shape index (κ2) is 9.07. The number of anilines is 1. The molecule has 144 valence electrons. The summed E-state index contributed by atoms with van der Waals surface area (Å²) in [5.41, 5.74) is 0.395. The van der Waals surface area contributed by atoms with Gasteiger partial charge < -0.3 is 10.2 Å². The molecule has 5 nitrogen and oxygen atoms in total. The number of carbonyl (C=O) groups excluding carboxylic acids is 2. The molecule has 0 aromatic heterocycles. The molecule has 1 aromatic rings. The number of amides is 2. The first-order valence-corrected chi connectivity index (χ1v) is 9.67. The highest BCUT2D eigenvalue weighted by Crippen LogP contribution is 2.29. The van der Waals surface area contributed by atoms with Gasteiger partial charge in [0, 0.05) is 13.1 Å². The van der Waals surface area contributed by atoms with Gasteiger partial charge >= 0.3 is 0 Å². The van der Waals surface area contributed by atoms with E-state index in [-0.39, 0.29) is 24.4 Å². The molecule has 0 bridgehead atoms. The molecule has 1 N–H and O–H groups in total. The van der Waals surface area contributed by atoms with Gasteiger partial charge in [0.25, 0.3) is 0 Å². The van der Waals surface area contributed by atoms with Crippen LogP contribution >= 0.6 is 23.2 Å². The second-order valence-electron chi connectivity index (χ2n) is 7.43. The second-order valence-corrected chi connectivity index (χ2v) is 8.24. The van der Waals surface area contributed by atoms with Crippen molar-refractivity contribution >= 4 is 40.7 Å². The number of hydrogen-bond acceptors (Lipinski definition) is 3. The van der Waals surface area contributed by atoms with Crippen molar-refractivity contribution in [1.82, 2.24) is 9.80 Å². The van der Waals surface area contributed by atoms with Gasteiger partial charge in [-0.2, -0.15) is 0 Å². The molecule has 2 amide bonds. The minimum Gasteiger partial charge on any atom is -0.341 e. The maximum absolute atomic E-state index is 12.8. The molecule has 7 heteroatoms. The van der Waals surface area contributed by atoms with Gasteiger partial charge in [-0.05, 0) is 44.4 Å². The number of para-hydroxylation sites is 1. The molecule has 1 aliphatic rings. The number of halogens is 2. The van der Waals surface area contributed by atoms with Crippen LogP contribution in [0.5, 0.6) is 0 Å². The quantitative estimate of drug-likeness (QED) is 0.819. The molecule has 2 rings (SSSR count). The third-order valence-electron chi connectivity index (χ3n) is 4.82. The molecule has 3 atom stereocenters. The van der Waals surface area contributed by atoms with Gasteiger partial charge in [-0.3, -0.25) is 14.5 Å². The number of likely N-dealkylation sites (N-methyl/N-ethyl adjacent to an activating group) is 1. The largest absolute Gasteiger partial charge is 0.341 e. The van der Waals surface area contributed by atoms with Crippen molar-refractivity contribution < 1.29 is 9.59 Å². The van der Waals surface area contributed by atoms with Crippen LogP contribution in [0.4, 0.5) is 5.69 Å². The van der Waals surface area contributed by atoms with Crippen LogP contribution < -0.4 is 5.32 Å². The first kappa shape index (κ1) is 21.0. The van der Waals surface area contributed by atoms with Crippen LogP contribution in [-0.4, -0.2) is 54.3 Å². The molecule has 0 spiro atoms. The molecule has 0 saturated carbocycles. The van der Waals surface area contributed by atoms with Crippen LogP contribution in [0.15, 0.2) is 18.2 Å². The van der Waals surface area contributed by atoms with E-state index in [0.717, 1.165) is 19.5 Å². The Hall–Kier alpha value is -1.30. The number of benzene rings is 1. The summed E-state index contributed by atoms with van der Waals surface area (Å²) in [4.78, 5) is 28.8. The zero-order valence-electron chi connectivity index (χ0n) is 15.8. The predicted octanol–water partition coefficient (Wildman–Crippen LogP) is 3.76. The molecule has 26 heavy (non-hydrogen) atoms. The van der Waals surface area contributed by atoms with Crippen molar-refractivity contribution in [3.05, 3.63) is 28.2 Å². The van der Waals surface area contributed by atoms with Gasteiger partial charge in [-0.15, -0.1) is 0 Å². The monoisotopic (exact) mass is 399 g/mol. The van der Waals surface area contributed by atoms with Crippen LogP contribution in [0, 0.1) is 11.8 Å². The van der Waals surface area contributed by atoms with Crippen molar-refractivity contribution in [3.8, 4) is 0 Å². The Kier molecular flexibility index (Phi) is 7.33. The predicted molar refractivity (Wildman–Crippen MR) is 107 cm³/mol. The Morgan fingerprint density at radius 2 is 1.77 bits per heavy atom. The first-order valence-electron chi connectivity index (χ1n) is 8.92. The molecule has 1 saturated heterocycles. The van der Waals surface area contributed by atoms with Crippen LogP contribution in [-0.2, 0) is 9.59 Å². The molecule has 1 aliphatic heterocycles. The number of likely N-dealkylation sites (tertiary alicyclic amines) is 1. The van der Waals surface area contributed by atoms with E-state index in [0.29, 0.717) is 27.6 Å². The van der Waals surface area contributed by atoms with Gasteiger partial charge in [-0.25, -0.2) is 0 Å². The smallest absolute Gasteiger partial charge is 0.239 e. The van der Waals surface area contributed by atoms with Crippen LogP contribution in [0.25, 0.3) is 0 Å². The van der Waals surface area contributed by atoms with Gasteiger partial charge in [0.15, 0.2) is 0 Å². The summed E-state index contributed by atoms with van der Waals surface area (Å²) in [7, 11) is 1.77. The summed E-state index contributed by atoms with van der Waals surface area (Å²) in [5, 5.41) is 3.49. The highest BCUT2D eigenvalue weighted by molar-refractivity contribution is 6.39. The lowest BCUT2D eigenvalue weighted by Gasteiger charge is -2.38. The van der Waals surface area contributed by atoms with Gasteiger partial charge in [0.1, 0.15) is 0 Å². The normalized spacial score (nSPS) is 21.6. The van der Waals surface area contributed by atoms with E-state index in [4.69, 9.17) is 23.2 Å². The molecule has 0 radical (unpaired) electrons. The van der Waals surface area contributed by atoms with Gasteiger partial charge in [0.05, 0.1) is 28.3 Å². The van der Waals surface area contributed by atoms with Crippen molar-refractivity contribution in [2.24, 2.45) is 11.8 Å². The van der Waals surface area contributed by atoms with Crippen LogP contribution in [0.3, 0.4) is 0 Å². The fourth-order valence-electron chi connectivity index (χ4n) is 3.46. The highest BCUT2D eigenvalue weighted by Gasteiger charge is 2.30. The lowest BCUT2D eigenvalue weighted by atomic mass is 9.91. The van der Waals surface area contributed by atoms with E-state index in [1.165, 1.54) is 0 Å². The van der Waals surface area contributed by atoms with E-state index >= 15 is 0 Å². The fourth-order valence-corrected chi connectivity index (χ4v) is 3.95. The van der Waals surface area contributed by atoms with Crippen molar-refractivity contribution in [2.75, 3.05) is 32.0 Å². The average Bonchev–Trinajstić information content (AvgIpc) is 2.56. The molecule has 1 fully saturated rings. The lowest BCUT2D eigenvalue weighted by Crippen LogP contribution is -2.51. The minimum atomic E-state index is -0.375. The third-order valence-corrected chi connectivity index (χ3v) is 5.45. The number of rotatable bonds is 5. The van der Waals surface area contributed by atoms with Gasteiger partial charge in [0.2, 0.25) is 11.8 Å². The molecular formula is C19H27Cl2N3O2. The summed E-state index contributed by atoms with van der Waals surface area (Å²) in [6.07, 6.45) is 1.15. The standard InChI is InChI=1S/C19H27Cl2N3O2/c1-12-8-13(2)10-24(9-12)19(26)14(3)23(4)11-17(25)22-18-15(20)6-5-7-16(18)21/h5-7,12-14H,8-11H2,1-4H3,(H,22,25)/t12-,13-,14+/m0/s1. The maximum atomic E-state index is 12.8. The van der Waals surface area contributed by atoms with Crippen molar-refractivity contribution in [3.63, 3.8) is 0 Å². The van der Waals surface area contributed by atoms with E-state index in [1.807, 2.05) is 11.8 Å². The maximum Gasteiger partial charge on any atom is 0.239 e. The number of carbonyl (C=O) groups is 2. The average molecular weight is 400 g/mol. The zero-order chi connectivity index (χ0) is 19.4. The minimum absolute atomic E-state index is 0.0643. The number of nitrogens with one attached hydrogen (secondary N) is 1. The third kappa shape index (κ3) is 5.35. The SMILES string of the molecule is C[C@H]1C[C@H](C)CN(C(=O)[C@@H](C)N(C)CC(=O)Nc2c(Cl)cccc2Cl)C1. The summed E-state index contributed by atoms with van der Waals surface area (Å²) >= 11 is 12.2. The van der Waals surface area contributed by atoms with Crippen LogP contribution in [0.1, 0.15) is 27.2 Å². The number of nitrogens with zero attached hydrogens (tertiary/aromatic N) is 2. The summed E-state index contributed by atoms with van der Waals surface area (Å²) < 4.78 is 0. The lowest BCUT2D eigenvalue weighted by molar-refractivity contribution is -0.139. The summed E-state index contributed by atoms with van der Waals surface area (Å²) in [6, 6.07) is 4.67. The Bertz CT molecular complexity index is 638. The molecule has 0 aliphatic carbocycles. The van der Waals surface area contributed by atoms with E-state index in [9.17, 15) is 9.59 Å². The Morgan fingerprint density at radius 3 is 2.31 bits per heavy atom. The molecular weight excluding hydrogens is 373 g/mol. The summed E-state index contributed by atoms with van der Waals surface area (Å²) in [5.74, 6) is 0.814. The summed E-state index contributed by atoms with van der Waals surface area (Å²) in [6.45, 7) is 7.82. The first-order chi connectivity index (χ1) is 12.2. The van der Waals surface area contributed by atoms with E-state index in [2.05, 4.69) is 19.2 Å². The Morgan fingerprint density at radius 1 is 1.23 bits per heavy atom. The molecule has 0 unspecified atom stereocenters. The molecule has 1 aromatic carbocycles. The van der Waals surface area contributed by atoms with Gasteiger partial charge in [-0.1, -0.05) is 43.1 Å². The van der Waals surface area contributed by atoms with Crippen LogP contribution in [0.2, 0.25) is 10.0 Å². The Labute approximate surface area is 165 Å². The fraction of sp³-hybridized carbons (Fsp3) is 0.579. The van der Waals surface area contributed by atoms with Crippen molar-refractivity contribution in [2.45, 2.75) is 33.2 Å². The molecule has 1 heterocycles. The topological polar surface area (TPSA) is 52.7 Å². The number of piperidine rings is 1. The van der Waals surface area contributed by atoms with E-state index in [1.54, 1.807) is 30.1 Å². The van der Waals surface area contributed by atoms with E-state index < -0.39 is 0 Å². The van der Waals surface area contributed by atoms with Crippen molar-refractivity contribution in [1.29, 1.82) is 0 Å². The number of hydrogen-bond donors (Lipinski definition) is 1.